The molecule has 1 heterocycles. The second-order valence-electron chi connectivity index (χ2n) is 25.7. The van der Waals surface area contributed by atoms with E-state index in [1.807, 2.05) is 6.08 Å². The minimum Gasteiger partial charge on any atom is -0.394 e. The lowest BCUT2D eigenvalue weighted by molar-refractivity contribution is -0.302. The van der Waals surface area contributed by atoms with Crippen LogP contribution >= 0.6 is 0 Å². The number of ether oxygens (including phenoxy) is 2. The van der Waals surface area contributed by atoms with Crippen molar-refractivity contribution < 1.29 is 39.8 Å². The summed E-state index contributed by atoms with van der Waals surface area (Å²) < 4.78 is 11.3. The van der Waals surface area contributed by atoms with E-state index < -0.39 is 49.5 Å². The number of hydrogen-bond acceptors (Lipinski definition) is 8. The van der Waals surface area contributed by atoms with E-state index in [-0.39, 0.29) is 12.5 Å². The maximum atomic E-state index is 13.1. The Balaban J connectivity index is 2.13. The Labute approximate surface area is 543 Å². The predicted octanol–water partition coefficient (Wildman–Crippen LogP) is 21.0. The number of unbranched alkanes of at least 4 members (excludes halogenated alkanes) is 41. The van der Waals surface area contributed by atoms with Crippen molar-refractivity contribution in [1.82, 2.24) is 5.32 Å². The molecule has 1 amide bonds. The maximum Gasteiger partial charge on any atom is 0.220 e. The van der Waals surface area contributed by atoms with E-state index >= 15 is 0 Å². The molecule has 0 aromatic rings. The molecule has 0 spiro atoms. The summed E-state index contributed by atoms with van der Waals surface area (Å²) in [6.45, 7) is 3.69. The van der Waals surface area contributed by atoms with E-state index in [4.69, 9.17) is 9.47 Å². The number of amides is 1. The number of hydrogen-bond donors (Lipinski definition) is 6. The smallest absolute Gasteiger partial charge is 0.220 e. The van der Waals surface area contributed by atoms with Crippen LogP contribution in [-0.2, 0) is 14.3 Å². The van der Waals surface area contributed by atoms with Gasteiger partial charge in [0, 0.05) is 6.42 Å². The standard InChI is InChI=1S/C79H141NO8/c1-3-5-7-9-11-13-15-17-19-21-23-25-27-29-31-33-35-37-39-41-43-45-47-49-51-53-55-57-59-61-63-65-67-69-75(83)80-72(71-87-79-78(86)77(85)76(84)74(70-81)88-79)73(82)68-66-64-62-60-58-56-54-52-50-48-46-44-42-40-38-36-34-32-30-28-26-24-22-20-18-16-14-12-10-8-6-4-2/h5,7,11,13,17,19,23,25,29,31,35,37,58,60,66,68,72-74,76-79,81-82,84-86H,3-4,6,8-10,12,14-16,18,20-22,24,26-28,30,32-34,36,38-57,59,61-65,67,69-71H2,1-2H3,(H,80,83)/b7-5-,13-11-,19-17-,25-23-,31-29-,37-35-,60-58+,68-66+. The zero-order valence-corrected chi connectivity index (χ0v) is 57.2. The second kappa shape index (κ2) is 67.0. The molecular weight excluding hydrogens is 1090 g/mol. The summed E-state index contributed by atoms with van der Waals surface area (Å²) >= 11 is 0. The third-order valence-corrected chi connectivity index (χ3v) is 17.4. The van der Waals surface area contributed by atoms with Gasteiger partial charge in [0.15, 0.2) is 6.29 Å². The summed E-state index contributed by atoms with van der Waals surface area (Å²) in [5.74, 6) is -0.186. The number of aliphatic hydroxyl groups excluding tert-OH is 5. The maximum absolute atomic E-state index is 13.1. The van der Waals surface area contributed by atoms with Crippen molar-refractivity contribution in [2.45, 2.75) is 384 Å². The number of aliphatic hydroxyl groups is 5. The predicted molar refractivity (Wildman–Crippen MR) is 378 cm³/mol. The molecule has 0 aliphatic carbocycles. The van der Waals surface area contributed by atoms with E-state index in [9.17, 15) is 30.3 Å². The van der Waals surface area contributed by atoms with Gasteiger partial charge in [0.05, 0.1) is 25.4 Å². The second-order valence-corrected chi connectivity index (χ2v) is 25.7. The molecule has 1 fully saturated rings. The van der Waals surface area contributed by atoms with Gasteiger partial charge < -0.3 is 40.3 Å². The van der Waals surface area contributed by atoms with Crippen molar-refractivity contribution in [3.63, 3.8) is 0 Å². The molecule has 510 valence electrons. The number of allylic oxidation sites excluding steroid dienone is 15. The van der Waals surface area contributed by atoms with Gasteiger partial charge in [-0.15, -0.1) is 0 Å². The van der Waals surface area contributed by atoms with Gasteiger partial charge in [0.1, 0.15) is 24.4 Å². The van der Waals surface area contributed by atoms with E-state index in [0.717, 1.165) is 77.0 Å². The quantitative estimate of drug-likeness (QED) is 0.0261. The highest BCUT2D eigenvalue weighted by Crippen LogP contribution is 2.23. The van der Waals surface area contributed by atoms with Crippen LogP contribution in [0.25, 0.3) is 0 Å². The highest BCUT2D eigenvalue weighted by Gasteiger charge is 2.44. The van der Waals surface area contributed by atoms with Crippen molar-refractivity contribution >= 4 is 5.91 Å². The van der Waals surface area contributed by atoms with Crippen LogP contribution in [0.2, 0.25) is 0 Å². The molecule has 9 heteroatoms. The summed E-state index contributed by atoms with van der Waals surface area (Å²) in [6.07, 6.45) is 91.0. The first kappa shape index (κ1) is 83.1. The fourth-order valence-electron chi connectivity index (χ4n) is 11.6. The number of carbonyl (C=O) groups excluding carboxylic acids is 1. The van der Waals surface area contributed by atoms with E-state index in [2.05, 4.69) is 104 Å². The fourth-order valence-corrected chi connectivity index (χ4v) is 11.6. The molecule has 0 aromatic carbocycles. The molecule has 1 aliphatic heterocycles. The van der Waals surface area contributed by atoms with Crippen LogP contribution in [0.5, 0.6) is 0 Å². The van der Waals surface area contributed by atoms with E-state index in [0.29, 0.717) is 6.42 Å². The monoisotopic (exact) mass is 1230 g/mol. The molecule has 0 bridgehead atoms. The fraction of sp³-hybridized carbons (Fsp3) is 0.785. The van der Waals surface area contributed by atoms with Gasteiger partial charge in [-0.1, -0.05) is 349 Å². The molecule has 9 nitrogen and oxygen atoms in total. The van der Waals surface area contributed by atoms with Crippen molar-refractivity contribution in [3.05, 3.63) is 97.2 Å². The Morgan fingerprint density at radius 3 is 1.09 bits per heavy atom. The highest BCUT2D eigenvalue weighted by molar-refractivity contribution is 5.76. The minimum atomic E-state index is -1.58. The molecular formula is C79H141NO8. The number of nitrogens with one attached hydrogen (secondary N) is 1. The van der Waals surface area contributed by atoms with Gasteiger partial charge in [0.2, 0.25) is 5.91 Å². The average molecular weight is 1230 g/mol. The molecule has 1 saturated heterocycles. The summed E-state index contributed by atoms with van der Waals surface area (Å²) in [6, 6.07) is -0.830. The van der Waals surface area contributed by atoms with Crippen LogP contribution in [0.15, 0.2) is 97.2 Å². The molecule has 0 aromatic heterocycles. The van der Waals surface area contributed by atoms with Crippen LogP contribution in [0.3, 0.4) is 0 Å². The first-order valence-electron chi connectivity index (χ1n) is 37.5. The molecule has 6 N–H and O–H groups in total. The van der Waals surface area contributed by atoms with Crippen LogP contribution in [-0.4, -0.2) is 87.5 Å². The third kappa shape index (κ3) is 54.8. The van der Waals surface area contributed by atoms with Crippen LogP contribution in [0.4, 0.5) is 0 Å². The molecule has 0 radical (unpaired) electrons. The highest BCUT2D eigenvalue weighted by atomic mass is 16.7. The Morgan fingerprint density at radius 2 is 0.716 bits per heavy atom. The van der Waals surface area contributed by atoms with Crippen molar-refractivity contribution in [2.75, 3.05) is 13.2 Å². The average Bonchev–Trinajstić information content (AvgIpc) is 3.65. The third-order valence-electron chi connectivity index (χ3n) is 17.4. The van der Waals surface area contributed by atoms with Gasteiger partial charge >= 0.3 is 0 Å². The Hall–Kier alpha value is -2.89. The first-order chi connectivity index (χ1) is 43.3. The molecule has 1 rings (SSSR count). The van der Waals surface area contributed by atoms with Gasteiger partial charge in [0.25, 0.3) is 0 Å². The minimum absolute atomic E-state index is 0.186. The van der Waals surface area contributed by atoms with Crippen molar-refractivity contribution in [2.24, 2.45) is 0 Å². The van der Waals surface area contributed by atoms with E-state index in [1.54, 1.807) is 6.08 Å². The lowest BCUT2D eigenvalue weighted by Crippen LogP contribution is -2.60. The molecule has 1 aliphatic rings. The summed E-state index contributed by atoms with van der Waals surface area (Å²) in [4.78, 5) is 13.1. The zero-order chi connectivity index (χ0) is 63.5. The van der Waals surface area contributed by atoms with Crippen molar-refractivity contribution in [1.29, 1.82) is 0 Å². The van der Waals surface area contributed by atoms with Gasteiger partial charge in [-0.3, -0.25) is 4.79 Å². The molecule has 88 heavy (non-hydrogen) atoms. The summed E-state index contributed by atoms with van der Waals surface area (Å²) in [5, 5.41) is 54.8. The summed E-state index contributed by atoms with van der Waals surface area (Å²) in [5.41, 5.74) is 0. The normalized spacial score (nSPS) is 18.5. The molecule has 7 unspecified atom stereocenters. The van der Waals surface area contributed by atoms with Crippen LogP contribution < -0.4 is 5.32 Å². The van der Waals surface area contributed by atoms with Crippen molar-refractivity contribution in [3.8, 4) is 0 Å². The lowest BCUT2D eigenvalue weighted by Gasteiger charge is -2.40. The molecule has 0 saturated carbocycles. The Morgan fingerprint density at radius 1 is 0.398 bits per heavy atom. The lowest BCUT2D eigenvalue weighted by atomic mass is 9.99. The largest absolute Gasteiger partial charge is 0.394 e. The first-order valence-corrected chi connectivity index (χ1v) is 37.5. The van der Waals surface area contributed by atoms with Crippen LogP contribution in [0, 0.1) is 0 Å². The number of rotatable bonds is 65. The Bertz CT molecular complexity index is 1720. The van der Waals surface area contributed by atoms with Gasteiger partial charge in [-0.25, -0.2) is 0 Å². The SMILES string of the molecule is CC/C=C\C/C=C\C/C=C\C/C=C\C/C=C\C/C=C\CCCCCCCCCCCCCCCCC(=O)NC(COC1OC(CO)C(O)C(O)C1O)C(O)/C=C/CC/C=C/CCCCCCCCCCCCCCCCCCCCCCCCCCCC. The zero-order valence-electron chi connectivity index (χ0n) is 57.2. The molecule has 7 atom stereocenters. The topological polar surface area (TPSA) is 149 Å². The number of carbonyl (C=O) groups is 1. The van der Waals surface area contributed by atoms with Crippen LogP contribution in [0.1, 0.15) is 341 Å². The Kier molecular flexibility index (Phi) is 63.3. The van der Waals surface area contributed by atoms with Gasteiger partial charge in [-0.05, 0) is 83.5 Å². The van der Waals surface area contributed by atoms with E-state index in [1.165, 1.54) is 244 Å². The summed E-state index contributed by atoms with van der Waals surface area (Å²) in [7, 11) is 0. The van der Waals surface area contributed by atoms with Gasteiger partial charge in [-0.2, -0.15) is 0 Å².